The Morgan fingerprint density at radius 2 is 1.70 bits per heavy atom. The van der Waals surface area contributed by atoms with Crippen molar-refractivity contribution in [3.05, 3.63) is 36.7 Å². The molecule has 8 nitrogen and oxygen atoms in total. The number of aromatic nitrogens is 4. The van der Waals surface area contributed by atoms with E-state index in [1.54, 1.807) is 18.7 Å². The molecule has 4 rings (SSSR count). The molecule has 142 valence electrons. The maximum Gasteiger partial charge on any atom is 0.274 e. The minimum absolute atomic E-state index is 0.0311. The molecule has 0 radical (unpaired) electrons. The standard InChI is InChI=1S/C19H25N7O/c1-24(2)17-11-18(23-13-22-17)26(14-3-4-14)15-5-9-25(10-6-15)19(27)16-12-20-7-8-21-16/h7-8,11-15H,3-6,9-10H2,1-2H3. The van der Waals surface area contributed by atoms with Gasteiger partial charge in [0.2, 0.25) is 0 Å². The lowest BCUT2D eigenvalue weighted by Gasteiger charge is -2.39. The maximum atomic E-state index is 12.6. The lowest BCUT2D eigenvalue weighted by atomic mass is 10.0. The molecule has 2 aromatic heterocycles. The van der Waals surface area contributed by atoms with Gasteiger partial charge >= 0.3 is 0 Å². The van der Waals surface area contributed by atoms with Gasteiger partial charge in [0.15, 0.2) is 0 Å². The summed E-state index contributed by atoms with van der Waals surface area (Å²) in [5, 5.41) is 0. The van der Waals surface area contributed by atoms with Crippen molar-refractivity contribution in [3.8, 4) is 0 Å². The first-order valence-electron chi connectivity index (χ1n) is 9.46. The van der Waals surface area contributed by atoms with E-state index in [2.05, 4.69) is 30.9 Å². The number of hydrogen-bond donors (Lipinski definition) is 0. The van der Waals surface area contributed by atoms with Crippen LogP contribution in [0.4, 0.5) is 11.6 Å². The zero-order valence-corrected chi connectivity index (χ0v) is 15.8. The number of rotatable bonds is 5. The molecule has 1 saturated heterocycles. The zero-order chi connectivity index (χ0) is 18.8. The van der Waals surface area contributed by atoms with Crippen molar-refractivity contribution >= 4 is 17.5 Å². The first-order chi connectivity index (χ1) is 13.1. The van der Waals surface area contributed by atoms with Crippen LogP contribution in [0.3, 0.4) is 0 Å². The van der Waals surface area contributed by atoms with Crippen LogP contribution in [-0.2, 0) is 0 Å². The molecule has 0 atom stereocenters. The van der Waals surface area contributed by atoms with E-state index < -0.39 is 0 Å². The van der Waals surface area contributed by atoms with Gasteiger partial charge in [0.05, 0.1) is 6.20 Å². The van der Waals surface area contributed by atoms with Gasteiger partial charge in [-0.05, 0) is 25.7 Å². The van der Waals surface area contributed by atoms with Crippen molar-refractivity contribution in [2.24, 2.45) is 0 Å². The van der Waals surface area contributed by atoms with Crippen molar-refractivity contribution < 1.29 is 4.79 Å². The molecule has 1 amide bonds. The third-order valence-corrected chi connectivity index (χ3v) is 5.23. The third-order valence-electron chi connectivity index (χ3n) is 5.23. The summed E-state index contributed by atoms with van der Waals surface area (Å²) in [7, 11) is 3.98. The smallest absolute Gasteiger partial charge is 0.274 e. The number of carbonyl (C=O) groups excluding carboxylic acids is 1. The molecule has 1 saturated carbocycles. The van der Waals surface area contributed by atoms with E-state index in [1.807, 2.05) is 23.9 Å². The van der Waals surface area contributed by atoms with Crippen LogP contribution in [0.1, 0.15) is 36.2 Å². The van der Waals surface area contributed by atoms with Crippen molar-refractivity contribution in [3.63, 3.8) is 0 Å². The highest BCUT2D eigenvalue weighted by atomic mass is 16.2. The van der Waals surface area contributed by atoms with Crippen LogP contribution in [-0.4, -0.2) is 70.0 Å². The fourth-order valence-corrected chi connectivity index (χ4v) is 3.67. The van der Waals surface area contributed by atoms with Gasteiger partial charge in [-0.1, -0.05) is 0 Å². The van der Waals surface area contributed by atoms with Crippen LogP contribution in [0.25, 0.3) is 0 Å². The second-order valence-electron chi connectivity index (χ2n) is 7.38. The van der Waals surface area contributed by atoms with Gasteiger partial charge in [-0.15, -0.1) is 0 Å². The van der Waals surface area contributed by atoms with Crippen LogP contribution in [0.5, 0.6) is 0 Å². The molecule has 1 aliphatic carbocycles. The normalized spacial score (nSPS) is 17.6. The monoisotopic (exact) mass is 367 g/mol. The Labute approximate surface area is 159 Å². The summed E-state index contributed by atoms with van der Waals surface area (Å²) < 4.78 is 0. The van der Waals surface area contributed by atoms with Gasteiger partial charge in [-0.3, -0.25) is 9.78 Å². The summed E-state index contributed by atoms with van der Waals surface area (Å²) in [5.74, 6) is 1.88. The predicted octanol–water partition coefficient (Wildman–Crippen LogP) is 1.61. The molecular weight excluding hydrogens is 342 g/mol. The average Bonchev–Trinajstić information content (AvgIpc) is 3.54. The van der Waals surface area contributed by atoms with E-state index in [0.717, 1.165) is 37.6 Å². The van der Waals surface area contributed by atoms with Gasteiger partial charge in [-0.2, -0.15) is 0 Å². The molecule has 3 heterocycles. The van der Waals surface area contributed by atoms with Crippen molar-refractivity contribution in [1.29, 1.82) is 0 Å². The van der Waals surface area contributed by atoms with Crippen LogP contribution < -0.4 is 9.80 Å². The van der Waals surface area contributed by atoms with Gasteiger partial charge < -0.3 is 14.7 Å². The quantitative estimate of drug-likeness (QED) is 0.794. The summed E-state index contributed by atoms with van der Waals surface area (Å²) in [4.78, 5) is 36.0. The number of piperidine rings is 1. The largest absolute Gasteiger partial charge is 0.363 e. The third kappa shape index (κ3) is 3.84. The predicted molar refractivity (Wildman–Crippen MR) is 103 cm³/mol. The highest BCUT2D eigenvalue weighted by Gasteiger charge is 2.37. The molecular formula is C19H25N7O. The molecule has 0 aromatic carbocycles. The van der Waals surface area contributed by atoms with Gasteiger partial charge in [0.25, 0.3) is 5.91 Å². The van der Waals surface area contributed by atoms with Gasteiger partial charge in [0.1, 0.15) is 23.7 Å². The fourth-order valence-electron chi connectivity index (χ4n) is 3.67. The SMILES string of the molecule is CN(C)c1cc(N(C2CC2)C2CCN(C(=O)c3cnccn3)CC2)ncn1. The van der Waals surface area contributed by atoms with E-state index in [0.29, 0.717) is 17.8 Å². The minimum Gasteiger partial charge on any atom is -0.363 e. The molecule has 2 aromatic rings. The summed E-state index contributed by atoms with van der Waals surface area (Å²) in [6, 6.07) is 3.02. The van der Waals surface area contributed by atoms with E-state index in [4.69, 9.17) is 0 Å². The number of hydrogen-bond acceptors (Lipinski definition) is 7. The zero-order valence-electron chi connectivity index (χ0n) is 15.8. The summed E-state index contributed by atoms with van der Waals surface area (Å²) in [5.41, 5.74) is 0.418. The molecule has 0 spiro atoms. The number of nitrogens with zero attached hydrogens (tertiary/aromatic N) is 7. The van der Waals surface area contributed by atoms with Crippen LogP contribution in [0.15, 0.2) is 31.0 Å². The van der Waals surface area contributed by atoms with E-state index in [9.17, 15) is 4.79 Å². The number of carbonyl (C=O) groups is 1. The van der Waals surface area contributed by atoms with Crippen molar-refractivity contribution in [1.82, 2.24) is 24.8 Å². The maximum absolute atomic E-state index is 12.6. The molecule has 27 heavy (non-hydrogen) atoms. The molecule has 2 aliphatic rings. The van der Waals surface area contributed by atoms with Gasteiger partial charge in [-0.25, -0.2) is 15.0 Å². The molecule has 0 unspecified atom stereocenters. The van der Waals surface area contributed by atoms with Gasteiger partial charge in [0, 0.05) is 57.7 Å². The van der Waals surface area contributed by atoms with Crippen molar-refractivity contribution in [2.75, 3.05) is 37.0 Å². The van der Waals surface area contributed by atoms with E-state index >= 15 is 0 Å². The Morgan fingerprint density at radius 3 is 2.33 bits per heavy atom. The summed E-state index contributed by atoms with van der Waals surface area (Å²) in [6.45, 7) is 1.46. The fraction of sp³-hybridized carbons (Fsp3) is 0.526. The van der Waals surface area contributed by atoms with E-state index in [-0.39, 0.29) is 5.91 Å². The second-order valence-corrected chi connectivity index (χ2v) is 7.38. The average molecular weight is 367 g/mol. The lowest BCUT2D eigenvalue weighted by Crippen LogP contribution is -2.48. The molecule has 2 fully saturated rings. The molecule has 0 bridgehead atoms. The highest BCUT2D eigenvalue weighted by molar-refractivity contribution is 5.92. The number of amides is 1. The molecule has 0 N–H and O–H groups in total. The van der Waals surface area contributed by atoms with Crippen LogP contribution >= 0.6 is 0 Å². The first-order valence-corrected chi connectivity index (χ1v) is 9.46. The van der Waals surface area contributed by atoms with E-state index in [1.165, 1.54) is 19.0 Å². The second kappa shape index (κ2) is 7.46. The Hall–Kier alpha value is -2.77. The first kappa shape index (κ1) is 17.6. The Bertz CT molecular complexity index is 786. The summed E-state index contributed by atoms with van der Waals surface area (Å²) >= 11 is 0. The van der Waals surface area contributed by atoms with Crippen molar-refractivity contribution in [2.45, 2.75) is 37.8 Å². The lowest BCUT2D eigenvalue weighted by molar-refractivity contribution is 0.0705. The number of likely N-dealkylation sites (tertiary alicyclic amines) is 1. The van der Waals surface area contributed by atoms with Crippen LogP contribution in [0, 0.1) is 0 Å². The molecule has 8 heteroatoms. The van der Waals surface area contributed by atoms with Crippen LogP contribution in [0.2, 0.25) is 0 Å². The Balaban J connectivity index is 1.46. The Kier molecular flexibility index (Phi) is 4.87. The summed E-state index contributed by atoms with van der Waals surface area (Å²) in [6.07, 6.45) is 10.6. The molecule has 1 aliphatic heterocycles. The number of anilines is 2. The Morgan fingerprint density at radius 1 is 1.00 bits per heavy atom. The minimum atomic E-state index is -0.0311. The highest BCUT2D eigenvalue weighted by Crippen LogP contribution is 2.36. The topological polar surface area (TPSA) is 78.4 Å².